The first-order valence-electron chi connectivity index (χ1n) is 9.12. The summed E-state index contributed by atoms with van der Waals surface area (Å²) >= 11 is 0. The van der Waals surface area contributed by atoms with Crippen molar-refractivity contribution < 1.29 is 14.0 Å². The first-order chi connectivity index (χ1) is 13.0. The van der Waals surface area contributed by atoms with E-state index in [0.29, 0.717) is 32.6 Å². The van der Waals surface area contributed by atoms with Crippen LogP contribution in [0.1, 0.15) is 33.9 Å². The number of hydrogen-bond acceptors (Lipinski definition) is 3. The van der Waals surface area contributed by atoms with E-state index < -0.39 is 11.9 Å². The molecule has 1 fully saturated rings. The zero-order valence-electron chi connectivity index (χ0n) is 15.4. The maximum absolute atomic E-state index is 13.9. The topological polar surface area (TPSA) is 66.6 Å². The van der Waals surface area contributed by atoms with E-state index in [2.05, 4.69) is 0 Å². The summed E-state index contributed by atoms with van der Waals surface area (Å²) in [6.07, 6.45) is 0.631. The van der Waals surface area contributed by atoms with Crippen molar-refractivity contribution >= 4 is 11.8 Å². The quantitative estimate of drug-likeness (QED) is 0.904. The summed E-state index contributed by atoms with van der Waals surface area (Å²) in [7, 11) is 0. The van der Waals surface area contributed by atoms with Crippen LogP contribution in [-0.4, -0.2) is 47.8 Å². The number of rotatable bonds is 3. The second kappa shape index (κ2) is 8.31. The average molecular weight is 369 g/mol. The van der Waals surface area contributed by atoms with Gasteiger partial charge in [0.15, 0.2) is 0 Å². The van der Waals surface area contributed by atoms with E-state index in [-0.39, 0.29) is 17.4 Å². The number of carbonyl (C=O) groups is 2. The normalized spacial score (nSPS) is 16.0. The van der Waals surface area contributed by atoms with Crippen molar-refractivity contribution in [3.05, 3.63) is 71.0 Å². The van der Waals surface area contributed by atoms with Gasteiger partial charge in [-0.3, -0.25) is 9.59 Å². The van der Waals surface area contributed by atoms with Crippen LogP contribution < -0.4 is 5.73 Å². The molecule has 0 aliphatic carbocycles. The van der Waals surface area contributed by atoms with E-state index in [1.54, 1.807) is 21.9 Å². The SMILES string of the molecule is Cc1ccc(C(N)C(=O)N2CCCN(C(=O)c3ccccc3F)CC2)cc1. The molecule has 0 radical (unpaired) electrons. The highest BCUT2D eigenvalue weighted by molar-refractivity contribution is 5.94. The molecule has 2 amide bonds. The van der Waals surface area contributed by atoms with Gasteiger partial charge in [0.25, 0.3) is 5.91 Å². The Balaban J connectivity index is 1.65. The first kappa shape index (κ1) is 19.0. The van der Waals surface area contributed by atoms with Crippen LogP contribution in [0, 0.1) is 12.7 Å². The minimum atomic E-state index is -0.723. The summed E-state index contributed by atoms with van der Waals surface area (Å²) in [5.41, 5.74) is 8.10. The van der Waals surface area contributed by atoms with Gasteiger partial charge in [-0.25, -0.2) is 4.39 Å². The number of nitrogens with zero attached hydrogens (tertiary/aromatic N) is 2. The van der Waals surface area contributed by atoms with Crippen molar-refractivity contribution in [2.45, 2.75) is 19.4 Å². The van der Waals surface area contributed by atoms with Crippen molar-refractivity contribution in [2.24, 2.45) is 5.73 Å². The van der Waals surface area contributed by atoms with Crippen molar-refractivity contribution in [1.29, 1.82) is 0 Å². The van der Waals surface area contributed by atoms with Gasteiger partial charge in [0.2, 0.25) is 5.91 Å². The van der Waals surface area contributed by atoms with Gasteiger partial charge >= 0.3 is 0 Å². The van der Waals surface area contributed by atoms with Crippen molar-refractivity contribution in [3.63, 3.8) is 0 Å². The molecule has 1 atom stereocenters. The van der Waals surface area contributed by atoms with Gasteiger partial charge in [-0.05, 0) is 31.0 Å². The van der Waals surface area contributed by atoms with E-state index in [1.165, 1.54) is 12.1 Å². The third-order valence-electron chi connectivity index (χ3n) is 4.90. The molecule has 0 spiro atoms. The smallest absolute Gasteiger partial charge is 0.256 e. The van der Waals surface area contributed by atoms with Crippen LogP contribution in [0.15, 0.2) is 48.5 Å². The van der Waals surface area contributed by atoms with Gasteiger partial charge in [0.05, 0.1) is 5.56 Å². The average Bonchev–Trinajstić information content (AvgIpc) is 2.93. The lowest BCUT2D eigenvalue weighted by Gasteiger charge is -2.25. The minimum absolute atomic E-state index is 0.0635. The fraction of sp³-hybridized carbons (Fsp3) is 0.333. The predicted molar refractivity (Wildman–Crippen MR) is 102 cm³/mol. The van der Waals surface area contributed by atoms with Gasteiger partial charge in [-0.15, -0.1) is 0 Å². The second-order valence-corrected chi connectivity index (χ2v) is 6.84. The molecule has 142 valence electrons. The predicted octanol–water partition coefficient (Wildman–Crippen LogP) is 2.51. The highest BCUT2D eigenvalue weighted by Crippen LogP contribution is 2.17. The molecule has 1 saturated heterocycles. The third-order valence-corrected chi connectivity index (χ3v) is 4.90. The number of carbonyl (C=O) groups excluding carboxylic acids is 2. The monoisotopic (exact) mass is 369 g/mol. The fourth-order valence-electron chi connectivity index (χ4n) is 3.26. The van der Waals surface area contributed by atoms with Crippen molar-refractivity contribution in [2.75, 3.05) is 26.2 Å². The highest BCUT2D eigenvalue weighted by Gasteiger charge is 2.27. The molecule has 2 aromatic carbocycles. The Hall–Kier alpha value is -2.73. The second-order valence-electron chi connectivity index (χ2n) is 6.84. The molecule has 2 aromatic rings. The number of nitrogens with two attached hydrogens (primary N) is 1. The summed E-state index contributed by atoms with van der Waals surface area (Å²) in [5, 5.41) is 0. The van der Waals surface area contributed by atoms with E-state index >= 15 is 0 Å². The highest BCUT2D eigenvalue weighted by atomic mass is 19.1. The zero-order chi connectivity index (χ0) is 19.4. The molecule has 1 aliphatic heterocycles. The molecule has 27 heavy (non-hydrogen) atoms. The Labute approximate surface area is 158 Å². The maximum Gasteiger partial charge on any atom is 0.256 e. The molecule has 6 heteroatoms. The molecule has 0 bridgehead atoms. The summed E-state index contributed by atoms with van der Waals surface area (Å²) in [5.74, 6) is -1.02. The largest absolute Gasteiger partial charge is 0.339 e. The van der Waals surface area contributed by atoms with Crippen LogP contribution in [-0.2, 0) is 4.79 Å². The Morgan fingerprint density at radius 1 is 0.963 bits per heavy atom. The van der Waals surface area contributed by atoms with Crippen LogP contribution in [0.4, 0.5) is 4.39 Å². The lowest BCUT2D eigenvalue weighted by atomic mass is 10.0. The van der Waals surface area contributed by atoms with E-state index in [9.17, 15) is 14.0 Å². The van der Waals surface area contributed by atoms with E-state index in [4.69, 9.17) is 5.73 Å². The number of aryl methyl sites for hydroxylation is 1. The number of amides is 2. The zero-order valence-corrected chi connectivity index (χ0v) is 15.4. The molecule has 2 N–H and O–H groups in total. The van der Waals surface area contributed by atoms with Crippen LogP contribution >= 0.6 is 0 Å². The Morgan fingerprint density at radius 2 is 1.59 bits per heavy atom. The molecule has 1 heterocycles. The van der Waals surface area contributed by atoms with Gasteiger partial charge in [0.1, 0.15) is 11.9 Å². The van der Waals surface area contributed by atoms with Gasteiger partial charge in [0, 0.05) is 26.2 Å². The Bertz CT molecular complexity index is 822. The van der Waals surface area contributed by atoms with Gasteiger partial charge in [-0.2, -0.15) is 0 Å². The number of halogens is 1. The van der Waals surface area contributed by atoms with Crippen LogP contribution in [0.2, 0.25) is 0 Å². The van der Waals surface area contributed by atoms with Gasteiger partial charge in [-0.1, -0.05) is 42.0 Å². The summed E-state index contributed by atoms with van der Waals surface area (Å²) in [6.45, 7) is 3.74. The Morgan fingerprint density at radius 3 is 2.30 bits per heavy atom. The van der Waals surface area contributed by atoms with Crippen molar-refractivity contribution in [1.82, 2.24) is 9.80 Å². The molecule has 1 aliphatic rings. The third kappa shape index (κ3) is 4.34. The van der Waals surface area contributed by atoms with E-state index in [0.717, 1.165) is 11.1 Å². The molecule has 1 unspecified atom stereocenters. The standard InChI is InChI=1S/C21H24FN3O2/c1-15-7-9-16(10-8-15)19(23)21(27)25-12-4-11-24(13-14-25)20(26)17-5-2-3-6-18(17)22/h2-3,5-10,19H,4,11-14,23H2,1H3. The molecule has 5 nitrogen and oxygen atoms in total. The molecular formula is C21H24FN3O2. The lowest BCUT2D eigenvalue weighted by Crippen LogP contribution is -2.41. The van der Waals surface area contributed by atoms with Crippen LogP contribution in [0.3, 0.4) is 0 Å². The van der Waals surface area contributed by atoms with Gasteiger partial charge < -0.3 is 15.5 Å². The van der Waals surface area contributed by atoms with E-state index in [1.807, 2.05) is 31.2 Å². The molecule has 0 aromatic heterocycles. The molecule has 0 saturated carbocycles. The summed E-state index contributed by atoms with van der Waals surface area (Å²) in [4.78, 5) is 28.7. The maximum atomic E-state index is 13.9. The van der Waals surface area contributed by atoms with Crippen LogP contribution in [0.5, 0.6) is 0 Å². The number of hydrogen-bond donors (Lipinski definition) is 1. The molecular weight excluding hydrogens is 345 g/mol. The minimum Gasteiger partial charge on any atom is -0.339 e. The number of benzene rings is 2. The first-order valence-corrected chi connectivity index (χ1v) is 9.12. The fourth-order valence-corrected chi connectivity index (χ4v) is 3.26. The lowest BCUT2D eigenvalue weighted by molar-refractivity contribution is -0.132. The Kier molecular flexibility index (Phi) is 5.86. The summed E-state index contributed by atoms with van der Waals surface area (Å²) < 4.78 is 13.9. The molecule has 3 rings (SSSR count). The van der Waals surface area contributed by atoms with Crippen LogP contribution in [0.25, 0.3) is 0 Å². The van der Waals surface area contributed by atoms with Crippen molar-refractivity contribution in [3.8, 4) is 0 Å². The summed E-state index contributed by atoms with van der Waals surface area (Å²) in [6, 6.07) is 12.8.